The van der Waals surface area contributed by atoms with Crippen LogP contribution in [0.15, 0.2) is 60.7 Å². The van der Waals surface area contributed by atoms with E-state index >= 15 is 0 Å². The van der Waals surface area contributed by atoms with E-state index in [1.54, 1.807) is 19.2 Å². The number of terminal acetylenes is 2. The number of rotatable bonds is 16. The molecule has 0 saturated heterocycles. The number of unbranched alkanes of at least 4 members (excludes halogenated alkanes) is 2. The van der Waals surface area contributed by atoms with Crippen molar-refractivity contribution in [2.45, 2.75) is 67.2 Å². The van der Waals surface area contributed by atoms with Crippen LogP contribution in [0.1, 0.15) is 64.5 Å². The summed E-state index contributed by atoms with van der Waals surface area (Å²) in [5, 5.41) is 10.7. The third-order valence-electron chi connectivity index (χ3n) is 5.97. The van der Waals surface area contributed by atoms with Crippen molar-refractivity contribution in [1.82, 2.24) is 0 Å². The van der Waals surface area contributed by atoms with Crippen LogP contribution in [0, 0.1) is 48.6 Å². The van der Waals surface area contributed by atoms with Gasteiger partial charge < -0.3 is 30.5 Å². The van der Waals surface area contributed by atoms with Crippen molar-refractivity contribution < 1.29 is 19.1 Å². The Bertz CT molecular complexity index is 1330. The lowest BCUT2D eigenvalue weighted by Gasteiger charge is -2.18. The van der Waals surface area contributed by atoms with Crippen molar-refractivity contribution in [3.05, 3.63) is 81.9 Å². The maximum Gasteiger partial charge on any atom is 0.269 e. The van der Waals surface area contributed by atoms with Crippen LogP contribution in [-0.4, -0.2) is 38.5 Å². The first-order valence-electron chi connectivity index (χ1n) is 15.9. The molecule has 0 aliphatic carbocycles. The Morgan fingerprint density at radius 1 is 0.745 bits per heavy atom. The number of nitro groups is 1. The van der Waals surface area contributed by atoms with E-state index in [0.29, 0.717) is 24.7 Å². The minimum Gasteiger partial charge on any atom is -0.494 e. The first-order valence-corrected chi connectivity index (χ1v) is 15.9. The van der Waals surface area contributed by atoms with Crippen LogP contribution in [0.5, 0.6) is 5.75 Å². The second kappa shape index (κ2) is 27.4. The Kier molecular flexibility index (Phi) is 24.6. The smallest absolute Gasteiger partial charge is 0.269 e. The summed E-state index contributed by atoms with van der Waals surface area (Å²) in [6, 6.07) is 18.0. The Labute approximate surface area is 282 Å². The molecule has 256 valence electrons. The molecule has 3 rings (SSSR count). The highest BCUT2D eigenvalue weighted by atomic mass is 16.6. The average Bonchev–Trinajstić information content (AvgIpc) is 3.09. The van der Waals surface area contributed by atoms with Crippen molar-refractivity contribution in [2.75, 3.05) is 55.2 Å². The number of aryl methyl sites for hydroxylation is 2. The summed E-state index contributed by atoms with van der Waals surface area (Å²) >= 11 is 0. The van der Waals surface area contributed by atoms with Crippen molar-refractivity contribution in [3.63, 3.8) is 0 Å². The number of hydrogen-bond acceptors (Lipinski definition) is 9. The van der Waals surface area contributed by atoms with Crippen molar-refractivity contribution >= 4 is 28.4 Å². The second-order valence-electron chi connectivity index (χ2n) is 9.76. The van der Waals surface area contributed by atoms with Gasteiger partial charge in [-0.3, -0.25) is 15.5 Å². The lowest BCUT2D eigenvalue weighted by molar-refractivity contribution is -0.384. The fourth-order valence-electron chi connectivity index (χ4n) is 3.53. The molecule has 0 fully saturated rings. The van der Waals surface area contributed by atoms with Gasteiger partial charge in [-0.15, -0.1) is 12.8 Å². The highest BCUT2D eigenvalue weighted by Crippen LogP contribution is 2.31. The van der Waals surface area contributed by atoms with E-state index in [0.717, 1.165) is 48.7 Å². The lowest BCUT2D eigenvalue weighted by Crippen LogP contribution is -2.12. The molecule has 0 saturated carbocycles. The quantitative estimate of drug-likeness (QED) is 0.0523. The maximum atomic E-state index is 10.7. The molecule has 0 aliphatic rings. The fourth-order valence-corrected chi connectivity index (χ4v) is 3.53. The number of nitrogens with zero attached hydrogens (tertiary/aromatic N) is 1. The molecule has 10 nitrogen and oxygen atoms in total. The summed E-state index contributed by atoms with van der Waals surface area (Å²) in [6.07, 6.45) is 14.5. The highest BCUT2D eigenvalue weighted by molar-refractivity contribution is 5.70. The minimum absolute atomic E-state index is 0.0462. The minimum atomic E-state index is -0.428. The molecule has 0 amide bonds. The number of nitrogens with one attached hydrogen (secondary N) is 4. The largest absolute Gasteiger partial charge is 0.494 e. The molecule has 0 aromatic heterocycles. The van der Waals surface area contributed by atoms with Gasteiger partial charge in [0, 0.05) is 31.4 Å². The number of methoxy groups -OCH3 is 1. The van der Waals surface area contributed by atoms with Crippen LogP contribution in [0.3, 0.4) is 0 Å². The molecule has 0 atom stereocenters. The monoisotopic (exact) mass is 647 g/mol. The fraction of sp³-hybridized carbons (Fsp3) is 0.405. The van der Waals surface area contributed by atoms with Gasteiger partial charge in [0.25, 0.3) is 5.69 Å². The molecule has 3 aromatic carbocycles. The van der Waals surface area contributed by atoms with Crippen molar-refractivity contribution in [1.29, 1.82) is 0 Å². The van der Waals surface area contributed by atoms with E-state index in [2.05, 4.69) is 47.4 Å². The summed E-state index contributed by atoms with van der Waals surface area (Å²) in [5.41, 5.74) is 18.0. The van der Waals surface area contributed by atoms with Crippen molar-refractivity contribution in [3.8, 4) is 30.4 Å². The summed E-state index contributed by atoms with van der Waals surface area (Å²) in [5.74, 6) is 5.46. The Balaban J connectivity index is 0.000000968. The Hall–Kier alpha value is -4.90. The maximum absolute atomic E-state index is 10.7. The number of hydrogen-bond donors (Lipinski definition) is 4. The number of hydrazine groups is 2. The number of anilines is 4. The zero-order chi connectivity index (χ0) is 35.3. The molecule has 10 heteroatoms. The average molecular weight is 648 g/mol. The van der Waals surface area contributed by atoms with Gasteiger partial charge in [-0.05, 0) is 62.6 Å². The van der Waals surface area contributed by atoms with E-state index in [9.17, 15) is 10.1 Å². The molecule has 4 N–H and O–H groups in total. The van der Waals surface area contributed by atoms with Crippen LogP contribution in [0.25, 0.3) is 0 Å². The van der Waals surface area contributed by atoms with Crippen molar-refractivity contribution in [2.24, 2.45) is 0 Å². The van der Waals surface area contributed by atoms with E-state index in [4.69, 9.17) is 27.1 Å². The van der Waals surface area contributed by atoms with Crippen LogP contribution in [-0.2, 0) is 9.47 Å². The molecular formula is C37H53N5O5. The first-order chi connectivity index (χ1) is 22.8. The predicted octanol–water partition coefficient (Wildman–Crippen LogP) is 9.00. The third-order valence-corrected chi connectivity index (χ3v) is 5.97. The Morgan fingerprint density at radius 2 is 1.28 bits per heavy atom. The topological polar surface area (TPSA) is 119 Å². The summed E-state index contributed by atoms with van der Waals surface area (Å²) in [4.78, 5) is 10.3. The van der Waals surface area contributed by atoms with Crippen LogP contribution in [0.2, 0.25) is 0 Å². The molecule has 0 radical (unpaired) electrons. The van der Waals surface area contributed by atoms with Gasteiger partial charge in [0.2, 0.25) is 0 Å². The Morgan fingerprint density at radius 3 is 1.77 bits per heavy atom. The molecule has 3 aromatic rings. The summed E-state index contributed by atoms with van der Waals surface area (Å²) in [6.45, 7) is 14.7. The van der Waals surface area contributed by atoms with Gasteiger partial charge in [-0.1, -0.05) is 70.1 Å². The molecule has 0 unspecified atom stereocenters. The van der Waals surface area contributed by atoms with E-state index in [1.807, 2.05) is 64.1 Å². The molecular weight excluding hydrogens is 594 g/mol. The molecule has 0 aliphatic heterocycles. The summed E-state index contributed by atoms with van der Waals surface area (Å²) in [7, 11) is 1.61. The van der Waals surface area contributed by atoms with E-state index in [-0.39, 0.29) is 5.69 Å². The zero-order valence-corrected chi connectivity index (χ0v) is 29.1. The SMILES string of the molecule is C#CCOCCC.C#CCOCCCCC.CC.COc1cc(NNc2ccc([N+](=O)[O-])cc2)c(C)cc1NNc1ccc(C)cc1. The van der Waals surface area contributed by atoms with Gasteiger partial charge in [0.05, 0.1) is 34.8 Å². The van der Waals surface area contributed by atoms with E-state index < -0.39 is 4.92 Å². The van der Waals surface area contributed by atoms with Gasteiger partial charge in [-0.2, -0.15) is 0 Å². The van der Waals surface area contributed by atoms with Gasteiger partial charge in [-0.25, -0.2) is 0 Å². The van der Waals surface area contributed by atoms with E-state index in [1.165, 1.54) is 30.5 Å². The summed E-state index contributed by atoms with van der Waals surface area (Å²) < 4.78 is 15.4. The van der Waals surface area contributed by atoms with Crippen LogP contribution < -0.4 is 26.4 Å². The van der Waals surface area contributed by atoms with Gasteiger partial charge in [0.15, 0.2) is 0 Å². The molecule has 0 spiro atoms. The molecule has 47 heavy (non-hydrogen) atoms. The van der Waals surface area contributed by atoms with Crippen LogP contribution in [0.4, 0.5) is 28.4 Å². The van der Waals surface area contributed by atoms with Crippen LogP contribution >= 0.6 is 0 Å². The third kappa shape index (κ3) is 19.3. The number of benzene rings is 3. The lowest BCUT2D eigenvalue weighted by atomic mass is 10.1. The molecule has 0 heterocycles. The standard InChI is InChI=1S/C21H23N5O3.C8H14O.C6H10O.C2H6/c1-14-4-6-16(7-5-14)23-25-20-12-15(2)19(13-21(20)29-3)24-22-17-8-10-18(11-9-17)26(27)28;1-3-5-6-8-9-7-4-2;1-3-5-7-6-4-2;1-2/h4-13,22-25H,1-3H3;2H,3,5-8H2,1H3;1H,4-6H2,2H3;1-2H3. The predicted molar refractivity (Wildman–Crippen MR) is 197 cm³/mol. The zero-order valence-electron chi connectivity index (χ0n) is 29.1. The van der Waals surface area contributed by atoms with Gasteiger partial charge in [0.1, 0.15) is 19.0 Å². The van der Waals surface area contributed by atoms with Gasteiger partial charge >= 0.3 is 0 Å². The molecule has 0 bridgehead atoms. The second-order valence-corrected chi connectivity index (χ2v) is 9.76. The number of ether oxygens (including phenoxy) is 3. The number of nitro benzene ring substituents is 1. The normalized spacial score (nSPS) is 9.30. The highest BCUT2D eigenvalue weighted by Gasteiger charge is 2.09. The number of non-ortho nitro benzene ring substituents is 1. The first kappa shape index (κ1) is 42.1.